The van der Waals surface area contributed by atoms with Gasteiger partial charge in [-0.15, -0.1) is 0 Å². The molecule has 130 valence electrons. The lowest BCUT2D eigenvalue weighted by atomic mass is 10.1. The van der Waals surface area contributed by atoms with Gasteiger partial charge in [-0.05, 0) is 43.5 Å². The number of furan rings is 1. The number of likely N-dealkylation sites (tertiary alicyclic amines) is 1. The van der Waals surface area contributed by atoms with Crippen LogP contribution in [0.1, 0.15) is 35.4 Å². The molecular formula is C19H19ClN2O3. The molecule has 0 spiro atoms. The van der Waals surface area contributed by atoms with Gasteiger partial charge in [0.05, 0.1) is 6.26 Å². The first-order valence-corrected chi connectivity index (χ1v) is 8.64. The topological polar surface area (TPSA) is 62.6 Å². The molecule has 5 nitrogen and oxygen atoms in total. The molecule has 2 heterocycles. The second-order valence-corrected chi connectivity index (χ2v) is 6.22. The third-order valence-corrected chi connectivity index (χ3v) is 4.46. The smallest absolute Gasteiger partial charge is 0.272 e. The van der Waals surface area contributed by atoms with Gasteiger partial charge in [0.2, 0.25) is 0 Å². The van der Waals surface area contributed by atoms with Crippen LogP contribution in [0.4, 0.5) is 0 Å². The zero-order valence-electron chi connectivity index (χ0n) is 13.7. The van der Waals surface area contributed by atoms with E-state index in [0.29, 0.717) is 24.4 Å². The molecule has 1 aromatic heterocycles. The molecule has 1 aliphatic rings. The SMILES string of the molecule is O=C(NC(C(=O)N1CCCCC1)=C(Cl)c1ccco1)c1ccccc1. The van der Waals surface area contributed by atoms with Crippen LogP contribution in [0.5, 0.6) is 0 Å². The van der Waals surface area contributed by atoms with Crippen molar-refractivity contribution in [1.29, 1.82) is 0 Å². The highest BCUT2D eigenvalue weighted by atomic mass is 35.5. The lowest BCUT2D eigenvalue weighted by Crippen LogP contribution is -2.41. The molecule has 1 N–H and O–H groups in total. The summed E-state index contributed by atoms with van der Waals surface area (Å²) in [5, 5.41) is 2.78. The maximum absolute atomic E-state index is 12.9. The summed E-state index contributed by atoms with van der Waals surface area (Å²) in [4.78, 5) is 27.2. The van der Waals surface area contributed by atoms with Crippen LogP contribution >= 0.6 is 11.6 Å². The number of hydrogen-bond acceptors (Lipinski definition) is 3. The van der Waals surface area contributed by atoms with Crippen LogP contribution in [-0.2, 0) is 4.79 Å². The fraction of sp³-hybridized carbons (Fsp3) is 0.263. The van der Waals surface area contributed by atoms with Crippen molar-refractivity contribution >= 4 is 28.4 Å². The van der Waals surface area contributed by atoms with E-state index in [1.54, 1.807) is 41.3 Å². The van der Waals surface area contributed by atoms with Gasteiger partial charge in [0.25, 0.3) is 11.8 Å². The van der Waals surface area contributed by atoms with Gasteiger partial charge in [-0.1, -0.05) is 29.8 Å². The maximum Gasteiger partial charge on any atom is 0.272 e. The largest absolute Gasteiger partial charge is 0.463 e. The molecule has 25 heavy (non-hydrogen) atoms. The zero-order valence-corrected chi connectivity index (χ0v) is 14.5. The zero-order chi connectivity index (χ0) is 17.6. The summed E-state index contributed by atoms with van der Waals surface area (Å²) in [5.74, 6) is -0.327. The average Bonchev–Trinajstić information content (AvgIpc) is 3.21. The number of amides is 2. The van der Waals surface area contributed by atoms with E-state index in [1.807, 2.05) is 6.07 Å². The van der Waals surface area contributed by atoms with Crippen molar-refractivity contribution in [2.75, 3.05) is 13.1 Å². The normalized spacial score (nSPS) is 15.5. The lowest BCUT2D eigenvalue weighted by molar-refractivity contribution is -0.128. The maximum atomic E-state index is 12.9. The van der Waals surface area contributed by atoms with Crippen molar-refractivity contribution in [3.63, 3.8) is 0 Å². The van der Waals surface area contributed by atoms with Crippen LogP contribution in [-0.4, -0.2) is 29.8 Å². The number of benzene rings is 1. The van der Waals surface area contributed by atoms with Gasteiger partial charge >= 0.3 is 0 Å². The first-order valence-electron chi connectivity index (χ1n) is 8.26. The van der Waals surface area contributed by atoms with Crippen molar-refractivity contribution < 1.29 is 14.0 Å². The highest BCUT2D eigenvalue weighted by Gasteiger charge is 2.26. The van der Waals surface area contributed by atoms with Crippen molar-refractivity contribution in [3.8, 4) is 0 Å². The van der Waals surface area contributed by atoms with E-state index in [-0.39, 0.29) is 22.5 Å². The summed E-state index contributed by atoms with van der Waals surface area (Å²) in [6.45, 7) is 1.32. The molecule has 0 saturated carbocycles. The lowest BCUT2D eigenvalue weighted by Gasteiger charge is -2.28. The minimum Gasteiger partial charge on any atom is -0.463 e. The molecule has 0 aliphatic carbocycles. The minimum absolute atomic E-state index is 0.0485. The Hall–Kier alpha value is -2.53. The van der Waals surface area contributed by atoms with Gasteiger partial charge in [0.1, 0.15) is 16.5 Å². The van der Waals surface area contributed by atoms with Crippen LogP contribution < -0.4 is 5.32 Å². The number of carbonyl (C=O) groups is 2. The van der Waals surface area contributed by atoms with Crippen LogP contribution in [0.3, 0.4) is 0 Å². The van der Waals surface area contributed by atoms with Gasteiger partial charge in [-0.25, -0.2) is 0 Å². The molecule has 1 aliphatic heterocycles. The molecule has 0 atom stereocenters. The van der Waals surface area contributed by atoms with Crippen LogP contribution in [0.25, 0.3) is 5.03 Å². The van der Waals surface area contributed by atoms with Gasteiger partial charge in [-0.3, -0.25) is 9.59 Å². The molecule has 0 radical (unpaired) electrons. The molecule has 3 rings (SSSR count). The summed E-state index contributed by atoms with van der Waals surface area (Å²) >= 11 is 6.38. The van der Waals surface area contributed by atoms with Crippen molar-refractivity contribution in [1.82, 2.24) is 10.2 Å². The number of piperidine rings is 1. The summed E-state index contributed by atoms with van der Waals surface area (Å²) in [6, 6.07) is 12.0. The standard InChI is InChI=1S/C19H19ClN2O3/c20-16(15-10-7-13-25-15)17(19(24)22-11-5-2-6-12-22)21-18(23)14-8-3-1-4-9-14/h1,3-4,7-10,13H,2,5-6,11-12H2,(H,21,23). The van der Waals surface area contributed by atoms with E-state index in [0.717, 1.165) is 19.3 Å². The summed E-state index contributed by atoms with van der Waals surface area (Å²) in [5.41, 5.74) is 0.503. The Labute approximate surface area is 151 Å². The Morgan fingerprint density at radius 2 is 1.72 bits per heavy atom. The molecule has 1 saturated heterocycles. The van der Waals surface area contributed by atoms with E-state index in [9.17, 15) is 9.59 Å². The number of nitrogens with one attached hydrogen (secondary N) is 1. The minimum atomic E-state index is -0.384. The van der Waals surface area contributed by atoms with Gasteiger partial charge in [0, 0.05) is 18.7 Å². The Morgan fingerprint density at radius 3 is 2.36 bits per heavy atom. The van der Waals surface area contributed by atoms with Gasteiger partial charge < -0.3 is 14.6 Å². The predicted molar refractivity (Wildman–Crippen MR) is 95.8 cm³/mol. The van der Waals surface area contributed by atoms with E-state index in [4.69, 9.17) is 16.0 Å². The van der Waals surface area contributed by atoms with Crippen LogP contribution in [0, 0.1) is 0 Å². The molecule has 1 aromatic carbocycles. The van der Waals surface area contributed by atoms with E-state index in [2.05, 4.69) is 5.32 Å². The Morgan fingerprint density at radius 1 is 1.00 bits per heavy atom. The van der Waals surface area contributed by atoms with E-state index >= 15 is 0 Å². The third kappa shape index (κ3) is 4.12. The summed E-state index contributed by atoms with van der Waals surface area (Å²) in [6.07, 6.45) is 4.47. The second-order valence-electron chi connectivity index (χ2n) is 5.84. The summed E-state index contributed by atoms with van der Waals surface area (Å²) in [7, 11) is 0. The van der Waals surface area contributed by atoms with Crippen LogP contribution in [0.2, 0.25) is 0 Å². The molecule has 2 amide bonds. The fourth-order valence-electron chi connectivity index (χ4n) is 2.76. The molecule has 0 bridgehead atoms. The van der Waals surface area contributed by atoms with Crippen LogP contribution in [0.15, 0.2) is 58.8 Å². The molecule has 0 unspecified atom stereocenters. The molecule has 1 fully saturated rings. The Bertz CT molecular complexity index is 763. The first-order chi connectivity index (χ1) is 12.2. The molecular weight excluding hydrogens is 340 g/mol. The van der Waals surface area contributed by atoms with Crippen molar-refractivity contribution in [2.24, 2.45) is 0 Å². The number of carbonyl (C=O) groups excluding carboxylic acids is 2. The fourth-order valence-corrected chi connectivity index (χ4v) is 2.99. The molecule has 6 heteroatoms. The highest BCUT2D eigenvalue weighted by Crippen LogP contribution is 2.25. The average molecular weight is 359 g/mol. The number of halogens is 1. The second kappa shape index (κ2) is 8.03. The van der Waals surface area contributed by atoms with E-state index < -0.39 is 0 Å². The number of hydrogen-bond donors (Lipinski definition) is 1. The van der Waals surface area contributed by atoms with Gasteiger partial charge in [0.15, 0.2) is 0 Å². The van der Waals surface area contributed by atoms with E-state index in [1.165, 1.54) is 6.26 Å². The predicted octanol–water partition coefficient (Wildman–Crippen LogP) is 3.63. The van der Waals surface area contributed by atoms with Gasteiger partial charge in [-0.2, -0.15) is 0 Å². The Balaban J connectivity index is 1.90. The highest BCUT2D eigenvalue weighted by molar-refractivity contribution is 6.50. The monoisotopic (exact) mass is 358 g/mol. The summed E-state index contributed by atoms with van der Waals surface area (Å²) < 4.78 is 5.29. The number of nitrogens with zero attached hydrogens (tertiary/aromatic N) is 1. The third-order valence-electron chi connectivity index (χ3n) is 4.09. The van der Waals surface area contributed by atoms with Crippen molar-refractivity contribution in [3.05, 3.63) is 65.7 Å². The molecule has 2 aromatic rings. The number of rotatable bonds is 4. The Kier molecular flexibility index (Phi) is 5.56. The first kappa shape index (κ1) is 17.3. The quantitative estimate of drug-likeness (QED) is 0.849. The van der Waals surface area contributed by atoms with Crippen molar-refractivity contribution in [2.45, 2.75) is 19.3 Å².